The zero-order valence-electron chi connectivity index (χ0n) is 4.80. The molecule has 0 radical (unpaired) electrons. The summed E-state index contributed by atoms with van der Waals surface area (Å²) < 4.78 is 13.9. The second-order valence-electron chi connectivity index (χ2n) is 1.66. The summed E-state index contributed by atoms with van der Waals surface area (Å²) >= 11 is 0. The Kier molecular flexibility index (Phi) is 0.993. The fraction of sp³-hybridized carbons (Fsp3) is 0. The van der Waals surface area contributed by atoms with Crippen LogP contribution in [0.2, 0.25) is 0 Å². The maximum atomic E-state index is 5.08. The van der Waals surface area contributed by atoms with Crippen molar-refractivity contribution in [3.8, 4) is 0 Å². The van der Waals surface area contributed by atoms with Crippen LogP contribution in [0.15, 0.2) is 5.16 Å². The van der Waals surface area contributed by atoms with Gasteiger partial charge >= 0.3 is 13.3 Å². The van der Waals surface area contributed by atoms with Gasteiger partial charge in [-0.25, -0.2) is 26.3 Å². The Morgan fingerprint density at radius 2 is 2.20 bits per heavy atom. The molecule has 1 saturated heterocycles. The number of fused-ring (bicyclic) bond motifs is 1. The Bertz CT molecular complexity index is 176. The van der Waals surface area contributed by atoms with Crippen LogP contribution < -0.4 is 11.7 Å². The third-order valence-corrected chi connectivity index (χ3v) is 0.978. The summed E-state index contributed by atoms with van der Waals surface area (Å²) in [7, 11) is -0.747. The van der Waals surface area contributed by atoms with Crippen molar-refractivity contribution < 1.29 is 14.3 Å². The Hall–Kier alpha value is -1.03. The third kappa shape index (κ3) is 0.624. The van der Waals surface area contributed by atoms with Crippen molar-refractivity contribution in [1.29, 1.82) is 0 Å². The van der Waals surface area contributed by atoms with Crippen LogP contribution in [0, 0.1) is 0 Å². The maximum absolute atomic E-state index is 5.08. The molecule has 0 aromatic heterocycles. The quantitative estimate of drug-likeness (QED) is 0.221. The van der Waals surface area contributed by atoms with Gasteiger partial charge in [-0.2, -0.15) is 0 Å². The highest BCUT2D eigenvalue weighted by molar-refractivity contribution is 6.39. The van der Waals surface area contributed by atoms with E-state index in [1.807, 2.05) is 0 Å². The molecule has 10 heavy (non-hydrogen) atoms. The molecule has 4 N–H and O–H groups in total. The van der Waals surface area contributed by atoms with Crippen molar-refractivity contribution in [2.45, 2.75) is 0 Å². The van der Waals surface area contributed by atoms with Gasteiger partial charge in [0, 0.05) is 0 Å². The molecule has 0 aromatic carbocycles. The maximum Gasteiger partial charge on any atom is 0.784 e. The standard InChI is InChI=1S/CH4BN5O3/c3-6(4)1-5-8-2-9-7(1)10-2/h3-4H2. The van der Waals surface area contributed by atoms with Crippen molar-refractivity contribution in [3.05, 3.63) is 0 Å². The smallest absolute Gasteiger partial charge is 0.399 e. The fourth-order valence-electron chi connectivity index (χ4n) is 0.562. The van der Waals surface area contributed by atoms with Gasteiger partial charge in [0.15, 0.2) is 0 Å². The molecule has 54 valence electrons. The van der Waals surface area contributed by atoms with E-state index < -0.39 is 7.32 Å². The second kappa shape index (κ2) is 1.73. The lowest BCUT2D eigenvalue weighted by molar-refractivity contribution is -0.345. The number of hydrogen-bond donors (Lipinski definition) is 2. The number of nitrogens with two attached hydrogens (primary N) is 2. The van der Waals surface area contributed by atoms with Gasteiger partial charge in [0.2, 0.25) is 0 Å². The summed E-state index contributed by atoms with van der Waals surface area (Å²) in [5, 5.41) is 5.10. The summed E-state index contributed by atoms with van der Waals surface area (Å²) in [6, 6.07) is 0. The lowest BCUT2D eigenvalue weighted by Crippen LogP contribution is -2.64. The average Bonchev–Trinajstić information content (AvgIpc) is 1.86. The second-order valence-corrected chi connectivity index (χ2v) is 1.66. The van der Waals surface area contributed by atoms with E-state index in [9.17, 15) is 0 Å². The van der Waals surface area contributed by atoms with E-state index in [2.05, 4.69) is 9.91 Å². The summed E-state index contributed by atoms with van der Waals surface area (Å²) in [5.41, 5.74) is 0. The van der Waals surface area contributed by atoms with E-state index in [0.29, 0.717) is 0 Å². The molecular formula is CH4BN5O3. The van der Waals surface area contributed by atoms with E-state index >= 15 is 0 Å². The normalized spacial score (nSPS) is 21.2. The molecule has 0 atom stereocenters. The molecule has 9 heteroatoms. The molecule has 0 spiro atoms. The average molecular weight is 145 g/mol. The Morgan fingerprint density at radius 3 is 2.50 bits per heavy atom. The highest BCUT2D eigenvalue weighted by Gasteiger charge is 2.50. The number of guanidine groups is 1. The van der Waals surface area contributed by atoms with Crippen LogP contribution in [0.25, 0.3) is 0 Å². The first-order valence-electron chi connectivity index (χ1n) is 2.44. The first kappa shape index (κ1) is 5.74. The molecular weight excluding hydrogens is 141 g/mol. The summed E-state index contributed by atoms with van der Waals surface area (Å²) in [4.78, 5) is 0. The molecule has 3 aliphatic rings. The van der Waals surface area contributed by atoms with Gasteiger partial charge in [0.25, 0.3) is 0 Å². The van der Waals surface area contributed by atoms with E-state index in [1.165, 1.54) is 0 Å². The first-order chi connectivity index (χ1) is 4.77. The van der Waals surface area contributed by atoms with Gasteiger partial charge in [0.05, 0.1) is 0 Å². The van der Waals surface area contributed by atoms with Gasteiger partial charge in [0.1, 0.15) is 0 Å². The van der Waals surface area contributed by atoms with E-state index in [1.54, 1.807) is 0 Å². The third-order valence-electron chi connectivity index (χ3n) is 0.978. The number of hydroxylamine groups is 2. The predicted octanol–water partition coefficient (Wildman–Crippen LogP) is -2.50. The zero-order chi connectivity index (χ0) is 7.14. The topological polar surface area (TPSA) is 98.6 Å². The molecule has 0 aromatic rings. The Morgan fingerprint density at radius 1 is 1.50 bits per heavy atom. The molecule has 0 saturated carbocycles. The lowest BCUT2D eigenvalue weighted by Gasteiger charge is -2.37. The summed E-state index contributed by atoms with van der Waals surface area (Å²) in [6.07, 6.45) is 0. The molecule has 0 unspecified atom stereocenters. The van der Waals surface area contributed by atoms with Gasteiger partial charge in [-0.3, -0.25) is 0 Å². The van der Waals surface area contributed by atoms with Crippen molar-refractivity contribution in [3.63, 3.8) is 0 Å². The van der Waals surface area contributed by atoms with Crippen molar-refractivity contribution in [2.24, 2.45) is 16.8 Å². The highest BCUT2D eigenvalue weighted by atomic mass is 17.1. The van der Waals surface area contributed by atoms with Crippen LogP contribution in [-0.2, 0) is 14.3 Å². The van der Waals surface area contributed by atoms with Crippen LogP contribution in [0.5, 0.6) is 0 Å². The number of rotatable bonds is 0. The minimum Gasteiger partial charge on any atom is -0.399 e. The van der Waals surface area contributed by atoms with Gasteiger partial charge in [-0.05, 0) is 0 Å². The minimum atomic E-state index is -0.747. The van der Waals surface area contributed by atoms with E-state index in [4.69, 9.17) is 21.2 Å². The van der Waals surface area contributed by atoms with Crippen LogP contribution in [0.3, 0.4) is 0 Å². The SMILES string of the molecule is NN(N)C1=NOB2ON1O2. The summed E-state index contributed by atoms with van der Waals surface area (Å²) in [5.74, 6) is 10.2. The number of hydrazine groups is 2. The molecule has 3 rings (SSSR count). The summed E-state index contributed by atoms with van der Waals surface area (Å²) in [6.45, 7) is 0. The lowest BCUT2D eigenvalue weighted by atomic mass is 10.2. The van der Waals surface area contributed by atoms with Gasteiger partial charge in [-0.15, -0.1) is 5.23 Å². The Balaban J connectivity index is 2.13. The number of hydrogen-bond acceptors (Lipinski definition) is 8. The van der Waals surface area contributed by atoms with E-state index in [-0.39, 0.29) is 5.96 Å². The van der Waals surface area contributed by atoms with Crippen LogP contribution >= 0.6 is 0 Å². The number of nitrogens with zero attached hydrogens (tertiary/aromatic N) is 3. The molecule has 2 bridgehead atoms. The molecule has 0 amide bonds. The van der Waals surface area contributed by atoms with Gasteiger partial charge in [-0.1, -0.05) is 5.16 Å². The van der Waals surface area contributed by atoms with E-state index in [0.717, 1.165) is 10.3 Å². The van der Waals surface area contributed by atoms with Crippen LogP contribution in [0.4, 0.5) is 0 Å². The molecule has 0 aliphatic carbocycles. The van der Waals surface area contributed by atoms with Crippen LogP contribution in [-0.4, -0.2) is 23.6 Å². The zero-order valence-corrected chi connectivity index (χ0v) is 4.80. The highest BCUT2D eigenvalue weighted by Crippen LogP contribution is 2.18. The van der Waals surface area contributed by atoms with Crippen LogP contribution in [0.1, 0.15) is 0 Å². The molecule has 8 nitrogen and oxygen atoms in total. The largest absolute Gasteiger partial charge is 0.784 e. The minimum absolute atomic E-state index is 0.0579. The predicted molar refractivity (Wildman–Crippen MR) is 28.5 cm³/mol. The Labute approximate surface area is 55.9 Å². The first-order valence-corrected chi connectivity index (χ1v) is 2.44. The monoisotopic (exact) mass is 145 g/mol. The molecule has 3 aliphatic heterocycles. The van der Waals surface area contributed by atoms with Crippen molar-refractivity contribution >= 4 is 13.3 Å². The fourth-order valence-corrected chi connectivity index (χ4v) is 0.562. The number of oxime groups is 1. The van der Waals surface area contributed by atoms with Crippen molar-refractivity contribution in [2.75, 3.05) is 0 Å². The van der Waals surface area contributed by atoms with Gasteiger partial charge < -0.3 is 4.76 Å². The van der Waals surface area contributed by atoms with Crippen molar-refractivity contribution in [1.82, 2.24) is 10.3 Å². The molecule has 3 heterocycles. The molecule has 1 fully saturated rings.